The topological polar surface area (TPSA) is 81.1 Å². The summed E-state index contributed by atoms with van der Waals surface area (Å²) in [5, 5.41) is 6.10. The van der Waals surface area contributed by atoms with Crippen LogP contribution in [0.25, 0.3) is 16.6 Å². The Bertz CT molecular complexity index is 1240. The summed E-state index contributed by atoms with van der Waals surface area (Å²) in [5.74, 6) is -1.68. The van der Waals surface area contributed by atoms with E-state index in [2.05, 4.69) is 5.10 Å². The van der Waals surface area contributed by atoms with Crippen molar-refractivity contribution in [2.45, 2.75) is 18.8 Å². The van der Waals surface area contributed by atoms with Crippen molar-refractivity contribution < 1.29 is 17.6 Å². The van der Waals surface area contributed by atoms with E-state index in [4.69, 9.17) is 23.2 Å². The summed E-state index contributed by atoms with van der Waals surface area (Å²) >= 11 is 12.4. The van der Waals surface area contributed by atoms with Gasteiger partial charge in [0.25, 0.3) is 5.91 Å². The Labute approximate surface area is 170 Å². The Morgan fingerprint density at radius 3 is 2.61 bits per heavy atom. The molecule has 1 aliphatic rings. The average molecular weight is 442 g/mol. The van der Waals surface area contributed by atoms with Crippen LogP contribution in [0, 0.1) is 5.82 Å². The summed E-state index contributed by atoms with van der Waals surface area (Å²) in [6.45, 7) is 0. The van der Waals surface area contributed by atoms with Gasteiger partial charge in [-0.25, -0.2) is 22.2 Å². The van der Waals surface area contributed by atoms with Crippen molar-refractivity contribution in [2.75, 3.05) is 6.26 Å². The second kappa shape index (κ2) is 6.72. The van der Waals surface area contributed by atoms with E-state index in [1.54, 1.807) is 16.9 Å². The van der Waals surface area contributed by atoms with E-state index in [1.165, 1.54) is 4.68 Å². The van der Waals surface area contributed by atoms with Crippen LogP contribution in [-0.2, 0) is 10.0 Å². The van der Waals surface area contributed by atoms with Crippen molar-refractivity contribution >= 4 is 50.0 Å². The third-order valence-electron chi connectivity index (χ3n) is 4.42. The van der Waals surface area contributed by atoms with Crippen molar-refractivity contribution in [3.8, 4) is 5.69 Å². The van der Waals surface area contributed by atoms with E-state index in [0.29, 0.717) is 16.5 Å². The maximum absolute atomic E-state index is 14.6. The Morgan fingerprint density at radius 2 is 1.96 bits per heavy atom. The fourth-order valence-corrected chi connectivity index (χ4v) is 3.91. The second-order valence-electron chi connectivity index (χ2n) is 6.72. The normalized spacial score (nSPS) is 14.4. The number of carbonyl (C=O) groups is 1. The summed E-state index contributed by atoms with van der Waals surface area (Å²) in [6.07, 6.45) is 2.84. The SMILES string of the molecule is CS(=O)(=O)NC(=O)c1cc(Cl)c(-n2nc(C3CC3)c3cc(Cl)ccc32)cc1F. The highest BCUT2D eigenvalue weighted by Gasteiger charge is 2.30. The van der Waals surface area contributed by atoms with Crippen LogP contribution in [0.3, 0.4) is 0 Å². The van der Waals surface area contributed by atoms with Gasteiger partial charge in [-0.2, -0.15) is 5.10 Å². The molecule has 0 bridgehead atoms. The zero-order chi connectivity index (χ0) is 20.2. The first-order valence-corrected chi connectivity index (χ1v) is 11.0. The lowest BCUT2D eigenvalue weighted by molar-refractivity contribution is 0.0978. The van der Waals surface area contributed by atoms with Crippen molar-refractivity contribution in [2.24, 2.45) is 0 Å². The highest BCUT2D eigenvalue weighted by Crippen LogP contribution is 2.43. The summed E-state index contributed by atoms with van der Waals surface area (Å²) in [6, 6.07) is 7.45. The van der Waals surface area contributed by atoms with Gasteiger partial charge in [-0.3, -0.25) is 4.79 Å². The molecule has 146 valence electrons. The molecule has 0 spiro atoms. The number of fused-ring (bicyclic) bond motifs is 1. The zero-order valence-electron chi connectivity index (χ0n) is 14.5. The van der Waals surface area contributed by atoms with E-state index < -0.39 is 27.3 Å². The number of rotatable bonds is 4. The van der Waals surface area contributed by atoms with Crippen LogP contribution in [0.15, 0.2) is 30.3 Å². The lowest BCUT2D eigenvalue weighted by Gasteiger charge is -2.10. The lowest BCUT2D eigenvalue weighted by atomic mass is 10.1. The number of nitrogens with one attached hydrogen (secondary N) is 1. The van der Waals surface area contributed by atoms with Gasteiger partial charge in [0.1, 0.15) is 5.82 Å². The maximum atomic E-state index is 14.6. The van der Waals surface area contributed by atoms with Crippen LogP contribution in [0.4, 0.5) is 4.39 Å². The van der Waals surface area contributed by atoms with Crippen molar-refractivity contribution in [3.63, 3.8) is 0 Å². The minimum Gasteiger partial charge on any atom is -0.268 e. The minimum atomic E-state index is -3.83. The van der Waals surface area contributed by atoms with Crippen LogP contribution < -0.4 is 4.72 Å². The van der Waals surface area contributed by atoms with Gasteiger partial charge in [-0.1, -0.05) is 23.2 Å². The molecule has 0 radical (unpaired) electrons. The molecule has 0 atom stereocenters. The molecule has 4 rings (SSSR count). The molecule has 1 amide bonds. The monoisotopic (exact) mass is 441 g/mol. The van der Waals surface area contributed by atoms with Crippen LogP contribution in [0.5, 0.6) is 0 Å². The smallest absolute Gasteiger partial charge is 0.267 e. The predicted molar refractivity (Wildman–Crippen MR) is 105 cm³/mol. The Hall–Kier alpha value is -2.16. The second-order valence-corrected chi connectivity index (χ2v) is 9.31. The summed E-state index contributed by atoms with van der Waals surface area (Å²) in [5.41, 5.74) is 1.35. The molecule has 1 aromatic heterocycles. The molecule has 0 unspecified atom stereocenters. The van der Waals surface area contributed by atoms with Gasteiger partial charge in [0.2, 0.25) is 10.0 Å². The number of nitrogens with zero attached hydrogens (tertiary/aromatic N) is 2. The molecule has 2 aromatic carbocycles. The van der Waals surface area contributed by atoms with Crippen molar-refractivity contribution in [1.82, 2.24) is 14.5 Å². The fraction of sp³-hybridized carbons (Fsp3) is 0.222. The maximum Gasteiger partial charge on any atom is 0.267 e. The number of benzene rings is 2. The first kappa shape index (κ1) is 19.2. The van der Waals surface area contributed by atoms with Gasteiger partial charge in [0, 0.05) is 22.4 Å². The average Bonchev–Trinajstić information content (AvgIpc) is 3.36. The van der Waals surface area contributed by atoms with Gasteiger partial charge >= 0.3 is 0 Å². The molecule has 0 saturated heterocycles. The molecular formula is C18H14Cl2FN3O3S. The molecule has 3 aromatic rings. The summed E-state index contributed by atoms with van der Waals surface area (Å²) < 4.78 is 40.3. The number of hydrogen-bond donors (Lipinski definition) is 1. The Balaban J connectivity index is 1.84. The fourth-order valence-electron chi connectivity index (χ4n) is 3.05. The number of sulfonamides is 1. The minimum absolute atomic E-state index is 0.0572. The van der Waals surface area contributed by atoms with Crippen LogP contribution in [-0.4, -0.2) is 30.4 Å². The van der Waals surface area contributed by atoms with E-state index in [0.717, 1.165) is 42.3 Å². The van der Waals surface area contributed by atoms with Gasteiger partial charge in [-0.05, 0) is 37.1 Å². The number of halogens is 3. The molecule has 1 saturated carbocycles. The molecule has 1 fully saturated rings. The van der Waals surface area contributed by atoms with Crippen molar-refractivity contribution in [3.05, 3.63) is 57.5 Å². The third kappa shape index (κ3) is 3.59. The molecule has 6 nitrogen and oxygen atoms in total. The van der Waals surface area contributed by atoms with Crippen LogP contribution in [0.2, 0.25) is 10.0 Å². The van der Waals surface area contributed by atoms with Crippen LogP contribution in [0.1, 0.15) is 34.8 Å². The number of carbonyl (C=O) groups excluding carboxylic acids is 1. The highest BCUT2D eigenvalue weighted by molar-refractivity contribution is 7.89. The Morgan fingerprint density at radius 1 is 1.25 bits per heavy atom. The van der Waals surface area contributed by atoms with Crippen LogP contribution >= 0.6 is 23.2 Å². The lowest BCUT2D eigenvalue weighted by Crippen LogP contribution is -2.30. The molecule has 0 aliphatic heterocycles. The summed E-state index contributed by atoms with van der Waals surface area (Å²) in [4.78, 5) is 12.0. The molecular weight excluding hydrogens is 428 g/mol. The predicted octanol–water partition coefficient (Wildman–Crippen LogP) is 4.04. The number of hydrogen-bond acceptors (Lipinski definition) is 4. The molecule has 1 N–H and O–H groups in total. The first-order chi connectivity index (χ1) is 13.1. The van der Waals surface area contributed by atoms with Gasteiger partial charge in [-0.15, -0.1) is 0 Å². The Kier molecular flexibility index (Phi) is 4.60. The van der Waals surface area contributed by atoms with E-state index >= 15 is 0 Å². The molecule has 1 aliphatic carbocycles. The number of amides is 1. The van der Waals surface area contributed by atoms with E-state index in [1.807, 2.05) is 6.07 Å². The molecule has 28 heavy (non-hydrogen) atoms. The zero-order valence-corrected chi connectivity index (χ0v) is 16.9. The van der Waals surface area contributed by atoms with Gasteiger partial charge in [0.05, 0.1) is 33.7 Å². The van der Waals surface area contributed by atoms with Gasteiger partial charge < -0.3 is 0 Å². The van der Waals surface area contributed by atoms with E-state index in [9.17, 15) is 17.6 Å². The summed E-state index contributed by atoms with van der Waals surface area (Å²) in [7, 11) is -3.83. The molecule has 10 heteroatoms. The largest absolute Gasteiger partial charge is 0.268 e. The number of aromatic nitrogens is 2. The molecule has 1 heterocycles. The highest BCUT2D eigenvalue weighted by atomic mass is 35.5. The first-order valence-electron chi connectivity index (χ1n) is 8.34. The third-order valence-corrected chi connectivity index (χ3v) is 5.52. The quantitative estimate of drug-likeness (QED) is 0.662. The van der Waals surface area contributed by atoms with Gasteiger partial charge in [0.15, 0.2) is 0 Å². The standard InChI is InChI=1S/C18H14Cl2FN3O3S/c1-28(26,27)23-18(25)11-7-13(20)16(8-14(11)21)24-15-5-4-10(19)6-12(15)17(22-24)9-2-3-9/h4-9H,2-3H2,1H3,(H,23,25). The van der Waals surface area contributed by atoms with E-state index in [-0.39, 0.29) is 10.7 Å². The van der Waals surface area contributed by atoms with Crippen molar-refractivity contribution in [1.29, 1.82) is 0 Å².